The lowest BCUT2D eigenvalue weighted by Gasteiger charge is -2.32. The van der Waals surface area contributed by atoms with E-state index in [4.69, 9.17) is 24.3 Å². The van der Waals surface area contributed by atoms with Crippen LogP contribution < -0.4 is 9.64 Å². The minimum atomic E-state index is -3.73. The van der Waals surface area contributed by atoms with Gasteiger partial charge in [0.25, 0.3) is 0 Å². The van der Waals surface area contributed by atoms with Gasteiger partial charge in [-0.15, -0.1) is 0 Å². The zero-order chi connectivity index (χ0) is 35.0. The van der Waals surface area contributed by atoms with Crippen LogP contribution >= 0.6 is 0 Å². The number of anilines is 1. The minimum absolute atomic E-state index is 0.0567. The molecule has 0 aromatic carbocycles. The maximum absolute atomic E-state index is 14.0. The molecule has 270 valence electrons. The zero-order valence-corrected chi connectivity index (χ0v) is 33.5. The van der Waals surface area contributed by atoms with Crippen molar-refractivity contribution >= 4 is 37.5 Å². The van der Waals surface area contributed by atoms with Crippen molar-refractivity contribution in [1.29, 1.82) is 0 Å². The molecular weight excluding hydrogens is 671 g/mol. The number of sulfone groups is 1. The van der Waals surface area contributed by atoms with Gasteiger partial charge >= 0.3 is 0 Å². The Morgan fingerprint density at radius 3 is 2.04 bits per heavy atom. The monoisotopic (exact) mass is 727 g/mol. The topological polar surface area (TPSA) is 108 Å². The lowest BCUT2D eigenvalue weighted by atomic mass is 9.79. The van der Waals surface area contributed by atoms with Crippen LogP contribution in [0.4, 0.5) is 5.82 Å². The summed E-state index contributed by atoms with van der Waals surface area (Å²) in [7, 11) is -6.41. The third-order valence-electron chi connectivity index (χ3n) is 10.2. The largest absolute Gasteiger partial charge is 0.477 e. The Labute approximate surface area is 295 Å². The standard InChI is InChI=1S/C36H57N5O5SSi2/c1-47(42,43)34-33(30-19-27-10-11-28(18-27)20-30)39-35-31(29-12-13-32(37-21-29)46-23-26-8-9-26)22-38-41(35)36(34)40(24-44-14-16-48(2,3)4)25-45-15-17-49(5,6)7/h12-13,21-22,26-28,30H,8-11,14-20,23-25H2,1-7H3/t27-,28+,30?. The van der Waals surface area contributed by atoms with E-state index in [1.54, 1.807) is 10.7 Å². The molecule has 49 heavy (non-hydrogen) atoms. The van der Waals surface area contributed by atoms with Crippen LogP contribution in [0.15, 0.2) is 29.4 Å². The number of aromatic nitrogens is 4. The van der Waals surface area contributed by atoms with Gasteiger partial charge in [0.1, 0.15) is 18.4 Å². The van der Waals surface area contributed by atoms with E-state index in [2.05, 4.69) is 44.3 Å². The number of hydrogen-bond acceptors (Lipinski definition) is 9. The highest BCUT2D eigenvalue weighted by molar-refractivity contribution is 7.91. The first-order chi connectivity index (χ1) is 23.1. The Bertz CT molecular complexity index is 1670. The van der Waals surface area contributed by atoms with Gasteiger partial charge in [-0.2, -0.15) is 9.61 Å². The van der Waals surface area contributed by atoms with E-state index in [9.17, 15) is 8.42 Å². The number of rotatable bonds is 17. The highest BCUT2D eigenvalue weighted by atomic mass is 32.2. The second-order valence-electron chi connectivity index (χ2n) is 17.3. The van der Waals surface area contributed by atoms with Crippen molar-refractivity contribution in [2.24, 2.45) is 17.8 Å². The van der Waals surface area contributed by atoms with Crippen LogP contribution in [-0.4, -0.2) is 83.7 Å². The number of fused-ring (bicyclic) bond motifs is 3. The van der Waals surface area contributed by atoms with Crippen LogP contribution in [0, 0.1) is 17.8 Å². The van der Waals surface area contributed by atoms with Gasteiger partial charge < -0.3 is 19.1 Å². The predicted octanol–water partition coefficient (Wildman–Crippen LogP) is 7.71. The highest BCUT2D eigenvalue weighted by Crippen LogP contribution is 2.50. The summed E-state index contributed by atoms with van der Waals surface area (Å²) in [6, 6.07) is 5.92. The molecule has 2 bridgehead atoms. The van der Waals surface area contributed by atoms with E-state index in [1.807, 2.05) is 23.2 Å². The van der Waals surface area contributed by atoms with Crippen molar-refractivity contribution in [3.8, 4) is 17.0 Å². The lowest BCUT2D eigenvalue weighted by Crippen LogP contribution is -2.35. The van der Waals surface area contributed by atoms with Gasteiger partial charge in [-0.25, -0.2) is 18.4 Å². The normalized spacial score (nSPS) is 21.4. The van der Waals surface area contributed by atoms with Gasteiger partial charge in [-0.1, -0.05) is 52.1 Å². The van der Waals surface area contributed by atoms with Crippen molar-refractivity contribution in [2.75, 3.05) is 44.4 Å². The molecule has 0 amide bonds. The molecule has 3 aliphatic carbocycles. The summed E-state index contributed by atoms with van der Waals surface area (Å²) in [5, 5.41) is 4.84. The van der Waals surface area contributed by atoms with Gasteiger partial charge in [0, 0.05) is 64.9 Å². The molecule has 3 aliphatic rings. The summed E-state index contributed by atoms with van der Waals surface area (Å²) in [4.78, 5) is 12.1. The molecule has 3 fully saturated rings. The summed E-state index contributed by atoms with van der Waals surface area (Å²) in [6.45, 7) is 16.3. The zero-order valence-electron chi connectivity index (χ0n) is 30.7. The summed E-state index contributed by atoms with van der Waals surface area (Å²) in [6.07, 6.45) is 12.9. The fourth-order valence-corrected chi connectivity index (χ4v) is 9.86. The van der Waals surface area contributed by atoms with Gasteiger partial charge in [0.2, 0.25) is 5.88 Å². The molecule has 3 aromatic heterocycles. The summed E-state index contributed by atoms with van der Waals surface area (Å²) in [5.74, 6) is 3.01. The molecule has 10 nitrogen and oxygen atoms in total. The number of hydrogen-bond donors (Lipinski definition) is 0. The van der Waals surface area contributed by atoms with Crippen LogP contribution in [0.1, 0.15) is 56.6 Å². The molecule has 3 aromatic rings. The SMILES string of the molecule is C[Si](C)(C)CCOCN(COCC[Si](C)(C)C)c1c(S(C)(=O)=O)c(C2C[C@H]3CC[C@@H](C2)C3)nc2c(-c3ccc(OCC4CC4)nc3)cnn12. The summed E-state index contributed by atoms with van der Waals surface area (Å²) < 4.78 is 48.3. The van der Waals surface area contributed by atoms with E-state index in [0.29, 0.717) is 60.6 Å². The van der Waals surface area contributed by atoms with Gasteiger partial charge in [-0.3, -0.25) is 0 Å². The van der Waals surface area contributed by atoms with E-state index < -0.39 is 26.0 Å². The van der Waals surface area contributed by atoms with Crippen molar-refractivity contribution in [3.63, 3.8) is 0 Å². The average molecular weight is 728 g/mol. The van der Waals surface area contributed by atoms with Crippen molar-refractivity contribution in [1.82, 2.24) is 19.6 Å². The van der Waals surface area contributed by atoms with E-state index in [-0.39, 0.29) is 24.3 Å². The first-order valence-electron chi connectivity index (χ1n) is 18.3. The fraction of sp³-hybridized carbons (Fsp3) is 0.694. The van der Waals surface area contributed by atoms with Crippen LogP contribution in [-0.2, 0) is 19.3 Å². The molecule has 0 aliphatic heterocycles. The molecular formula is C36H57N5O5SSi2. The molecule has 1 unspecified atom stereocenters. The quantitative estimate of drug-likeness (QED) is 0.0785. The maximum Gasteiger partial charge on any atom is 0.213 e. The highest BCUT2D eigenvalue weighted by Gasteiger charge is 2.39. The summed E-state index contributed by atoms with van der Waals surface area (Å²) in [5.41, 5.74) is 2.95. The molecule has 6 rings (SSSR count). The minimum Gasteiger partial charge on any atom is -0.477 e. The molecule has 0 spiro atoms. The molecule has 0 N–H and O–H groups in total. The Kier molecular flexibility index (Phi) is 11.0. The lowest BCUT2D eigenvalue weighted by molar-refractivity contribution is 0.0937. The first-order valence-corrected chi connectivity index (χ1v) is 27.6. The Morgan fingerprint density at radius 1 is 0.878 bits per heavy atom. The van der Waals surface area contributed by atoms with Gasteiger partial charge in [-0.05, 0) is 68.0 Å². The molecule has 3 heterocycles. The average Bonchev–Trinajstić information content (AvgIpc) is 3.66. The Morgan fingerprint density at radius 2 is 1.51 bits per heavy atom. The van der Waals surface area contributed by atoms with Crippen LogP contribution in [0.5, 0.6) is 5.88 Å². The van der Waals surface area contributed by atoms with Gasteiger partial charge in [0.05, 0.1) is 18.5 Å². The third kappa shape index (κ3) is 9.52. The summed E-state index contributed by atoms with van der Waals surface area (Å²) >= 11 is 0. The molecule has 13 heteroatoms. The van der Waals surface area contributed by atoms with Crippen molar-refractivity contribution < 1.29 is 22.6 Å². The first kappa shape index (κ1) is 36.5. The maximum atomic E-state index is 14.0. The molecule has 3 atom stereocenters. The smallest absolute Gasteiger partial charge is 0.213 e. The van der Waals surface area contributed by atoms with Crippen LogP contribution in [0.25, 0.3) is 16.8 Å². The predicted molar refractivity (Wildman–Crippen MR) is 201 cm³/mol. The fourth-order valence-electron chi connectivity index (χ4n) is 7.20. The molecule has 0 radical (unpaired) electrons. The number of pyridine rings is 1. The third-order valence-corrected chi connectivity index (χ3v) is 14.8. The Hall–Kier alpha value is -2.33. The number of nitrogens with zero attached hydrogens (tertiary/aromatic N) is 5. The molecule has 3 saturated carbocycles. The van der Waals surface area contributed by atoms with E-state index >= 15 is 0 Å². The second-order valence-corrected chi connectivity index (χ2v) is 30.5. The van der Waals surface area contributed by atoms with Crippen LogP contribution in [0.2, 0.25) is 51.4 Å². The van der Waals surface area contributed by atoms with Crippen molar-refractivity contribution in [2.45, 2.75) is 107 Å². The molecule has 0 saturated heterocycles. The Balaban J connectivity index is 1.44. The van der Waals surface area contributed by atoms with Crippen LogP contribution in [0.3, 0.4) is 0 Å². The van der Waals surface area contributed by atoms with E-state index in [0.717, 1.165) is 36.1 Å². The number of ether oxygens (including phenoxy) is 3. The van der Waals surface area contributed by atoms with Gasteiger partial charge in [0.15, 0.2) is 21.3 Å². The van der Waals surface area contributed by atoms with E-state index in [1.165, 1.54) is 38.4 Å². The van der Waals surface area contributed by atoms with Crippen molar-refractivity contribution in [3.05, 3.63) is 30.2 Å². The second kappa shape index (κ2) is 14.7.